The number of benzene rings is 3. The third kappa shape index (κ3) is 5.89. The van der Waals surface area contributed by atoms with Crippen molar-refractivity contribution in [1.29, 1.82) is 0 Å². The molecule has 0 atom stereocenters. The molecule has 3 aromatic carbocycles. The van der Waals surface area contributed by atoms with Crippen LogP contribution in [0.5, 0.6) is 0 Å². The molecule has 1 amide bonds. The topological polar surface area (TPSA) is 113 Å². The quantitative estimate of drug-likeness (QED) is 0.438. The molecule has 0 bridgehead atoms. The van der Waals surface area contributed by atoms with Gasteiger partial charge in [0.15, 0.2) is 0 Å². The van der Waals surface area contributed by atoms with Crippen molar-refractivity contribution >= 4 is 48.9 Å². The van der Waals surface area contributed by atoms with Gasteiger partial charge in [-0.3, -0.25) is 9.52 Å². The van der Waals surface area contributed by atoms with Crippen LogP contribution in [0.1, 0.15) is 35.2 Å². The molecule has 8 nitrogen and oxygen atoms in total. The number of sulfonamides is 2. The van der Waals surface area contributed by atoms with Crippen molar-refractivity contribution in [2.45, 2.75) is 36.0 Å². The Morgan fingerprint density at radius 2 is 1.44 bits per heavy atom. The fourth-order valence-corrected chi connectivity index (χ4v) is 6.71. The molecule has 1 saturated heterocycles. The van der Waals surface area contributed by atoms with Crippen LogP contribution in [-0.2, 0) is 20.0 Å². The highest BCUT2D eigenvalue weighted by molar-refractivity contribution is 7.92. The number of nitrogens with zero attached hydrogens (tertiary/aromatic N) is 1. The van der Waals surface area contributed by atoms with E-state index in [4.69, 9.17) is 11.6 Å². The minimum Gasteiger partial charge on any atom is -0.322 e. The van der Waals surface area contributed by atoms with Gasteiger partial charge in [0.2, 0.25) is 10.0 Å². The number of carbonyl (C=O) groups excluding carboxylic acids is 1. The van der Waals surface area contributed by atoms with Crippen LogP contribution >= 0.6 is 11.6 Å². The number of rotatable bonds is 7. The van der Waals surface area contributed by atoms with Crippen LogP contribution in [0.15, 0.2) is 76.5 Å². The van der Waals surface area contributed by atoms with E-state index in [2.05, 4.69) is 10.0 Å². The average molecular weight is 548 g/mol. The Balaban J connectivity index is 1.44. The lowest BCUT2D eigenvalue weighted by Gasteiger charge is -2.25. The molecule has 3 aromatic rings. The highest BCUT2D eigenvalue weighted by atomic mass is 35.5. The zero-order chi connectivity index (χ0) is 25.9. The number of amides is 1. The molecule has 0 radical (unpaired) electrons. The van der Waals surface area contributed by atoms with E-state index in [0.29, 0.717) is 18.8 Å². The summed E-state index contributed by atoms with van der Waals surface area (Å²) >= 11 is 6.26. The molecule has 1 aliphatic rings. The largest absolute Gasteiger partial charge is 0.322 e. The van der Waals surface area contributed by atoms with Crippen LogP contribution in [0.4, 0.5) is 11.4 Å². The number of hydrogen-bond donors (Lipinski definition) is 2. The van der Waals surface area contributed by atoms with E-state index < -0.39 is 26.0 Å². The third-order valence-electron chi connectivity index (χ3n) is 5.87. The molecule has 0 aromatic heterocycles. The zero-order valence-corrected chi connectivity index (χ0v) is 22.0. The molecule has 4 rings (SSSR count). The molecule has 2 N–H and O–H groups in total. The molecule has 36 heavy (non-hydrogen) atoms. The summed E-state index contributed by atoms with van der Waals surface area (Å²) in [4.78, 5) is 13.0. The monoisotopic (exact) mass is 547 g/mol. The van der Waals surface area contributed by atoms with Gasteiger partial charge in [0, 0.05) is 24.3 Å². The molecule has 11 heteroatoms. The van der Waals surface area contributed by atoms with Crippen LogP contribution in [0.25, 0.3) is 0 Å². The Hall–Kier alpha value is -2.92. The standard InChI is InChI=1S/C25H26ClN3O5S2/c1-18-5-10-21(11-6-18)35(31,32)28-24-14-7-19(17-23(24)26)25(30)27-20-8-12-22(13-9-20)36(33,34)29-15-3-2-4-16-29/h5-14,17,28H,2-4,15-16H2,1H3,(H,27,30). The van der Waals surface area contributed by atoms with E-state index in [9.17, 15) is 21.6 Å². The maximum atomic E-state index is 12.8. The fraction of sp³-hybridized carbons (Fsp3) is 0.240. The molecule has 1 heterocycles. The van der Waals surface area contributed by atoms with Crippen LogP contribution in [0.3, 0.4) is 0 Å². The summed E-state index contributed by atoms with van der Waals surface area (Å²) in [5.41, 5.74) is 1.70. The van der Waals surface area contributed by atoms with E-state index in [0.717, 1.165) is 24.8 Å². The van der Waals surface area contributed by atoms with E-state index in [1.165, 1.54) is 58.9 Å². The summed E-state index contributed by atoms with van der Waals surface area (Å²) < 4.78 is 54.8. The second kappa shape index (κ2) is 10.6. The van der Waals surface area contributed by atoms with Crippen molar-refractivity contribution in [2.75, 3.05) is 23.1 Å². The molecular formula is C25H26ClN3O5S2. The summed E-state index contributed by atoms with van der Waals surface area (Å²) in [6.07, 6.45) is 2.73. The smallest absolute Gasteiger partial charge is 0.261 e. The van der Waals surface area contributed by atoms with Gasteiger partial charge in [-0.2, -0.15) is 4.31 Å². The predicted octanol–water partition coefficient (Wildman–Crippen LogP) is 4.88. The van der Waals surface area contributed by atoms with Gasteiger partial charge in [-0.25, -0.2) is 16.8 Å². The lowest BCUT2D eigenvalue weighted by molar-refractivity contribution is 0.102. The normalized spacial score (nSPS) is 14.8. The number of hydrogen-bond acceptors (Lipinski definition) is 5. The molecule has 0 unspecified atom stereocenters. The molecular weight excluding hydrogens is 522 g/mol. The van der Waals surface area contributed by atoms with Crippen LogP contribution in [0.2, 0.25) is 5.02 Å². The van der Waals surface area contributed by atoms with Gasteiger partial charge in [0.25, 0.3) is 15.9 Å². The first kappa shape index (κ1) is 26.2. The number of carbonyl (C=O) groups is 1. The number of aryl methyl sites for hydroxylation is 1. The summed E-state index contributed by atoms with van der Waals surface area (Å²) in [7, 11) is -7.41. The number of halogens is 1. The minimum atomic E-state index is -3.85. The Morgan fingerprint density at radius 1 is 0.833 bits per heavy atom. The average Bonchev–Trinajstić information content (AvgIpc) is 2.86. The highest BCUT2D eigenvalue weighted by Gasteiger charge is 2.25. The SMILES string of the molecule is Cc1ccc(S(=O)(=O)Nc2ccc(C(=O)Nc3ccc(S(=O)(=O)N4CCCCC4)cc3)cc2Cl)cc1. The maximum Gasteiger partial charge on any atom is 0.261 e. The lowest BCUT2D eigenvalue weighted by atomic mass is 10.2. The number of anilines is 2. The second-order valence-electron chi connectivity index (χ2n) is 8.56. The first-order valence-corrected chi connectivity index (χ1v) is 14.7. The van der Waals surface area contributed by atoms with E-state index in [1.54, 1.807) is 12.1 Å². The van der Waals surface area contributed by atoms with Crippen molar-refractivity contribution in [1.82, 2.24) is 4.31 Å². The molecule has 1 aliphatic heterocycles. The lowest BCUT2D eigenvalue weighted by Crippen LogP contribution is -2.35. The highest BCUT2D eigenvalue weighted by Crippen LogP contribution is 2.27. The van der Waals surface area contributed by atoms with Crippen molar-refractivity contribution in [3.8, 4) is 0 Å². The number of nitrogens with one attached hydrogen (secondary N) is 2. The van der Waals surface area contributed by atoms with Crippen LogP contribution in [-0.4, -0.2) is 40.1 Å². The zero-order valence-electron chi connectivity index (χ0n) is 19.6. The summed E-state index contributed by atoms with van der Waals surface area (Å²) in [5, 5.41) is 2.75. The van der Waals surface area contributed by atoms with Gasteiger partial charge < -0.3 is 5.32 Å². The fourth-order valence-electron chi connectivity index (χ4n) is 3.83. The van der Waals surface area contributed by atoms with Gasteiger partial charge >= 0.3 is 0 Å². The second-order valence-corrected chi connectivity index (χ2v) is 12.6. The molecule has 0 aliphatic carbocycles. The minimum absolute atomic E-state index is 0.0568. The van der Waals surface area contributed by atoms with Gasteiger partial charge in [0.1, 0.15) is 0 Å². The summed E-state index contributed by atoms with van der Waals surface area (Å²) in [6.45, 7) is 2.88. The number of piperidine rings is 1. The predicted molar refractivity (Wildman–Crippen MR) is 140 cm³/mol. The maximum absolute atomic E-state index is 12.8. The van der Waals surface area contributed by atoms with E-state index in [-0.39, 0.29) is 26.1 Å². The van der Waals surface area contributed by atoms with Gasteiger partial charge in [-0.1, -0.05) is 35.7 Å². The Morgan fingerprint density at radius 3 is 2.06 bits per heavy atom. The Kier molecular flexibility index (Phi) is 7.70. The first-order chi connectivity index (χ1) is 17.1. The summed E-state index contributed by atoms with van der Waals surface area (Å²) in [5.74, 6) is -0.475. The van der Waals surface area contributed by atoms with Crippen molar-refractivity contribution in [2.24, 2.45) is 0 Å². The summed E-state index contributed by atoms with van der Waals surface area (Å²) in [6, 6.07) is 16.6. The van der Waals surface area contributed by atoms with Crippen LogP contribution in [0, 0.1) is 6.92 Å². The van der Waals surface area contributed by atoms with E-state index in [1.807, 2.05) is 6.92 Å². The van der Waals surface area contributed by atoms with Gasteiger partial charge in [0.05, 0.1) is 20.5 Å². The van der Waals surface area contributed by atoms with Crippen molar-refractivity contribution < 1.29 is 21.6 Å². The molecule has 1 fully saturated rings. The van der Waals surface area contributed by atoms with Gasteiger partial charge in [-0.05, 0) is 74.4 Å². The van der Waals surface area contributed by atoms with Crippen molar-refractivity contribution in [3.05, 3.63) is 82.9 Å². The Bertz CT molecular complexity index is 1470. The van der Waals surface area contributed by atoms with Crippen molar-refractivity contribution in [3.63, 3.8) is 0 Å². The van der Waals surface area contributed by atoms with Crippen LogP contribution < -0.4 is 10.0 Å². The molecule has 190 valence electrons. The molecule has 0 saturated carbocycles. The Labute approximate surface area is 216 Å². The third-order valence-corrected chi connectivity index (χ3v) is 9.48. The first-order valence-electron chi connectivity index (χ1n) is 11.4. The van der Waals surface area contributed by atoms with Gasteiger partial charge in [-0.15, -0.1) is 0 Å². The molecule has 0 spiro atoms. The van der Waals surface area contributed by atoms with E-state index >= 15 is 0 Å².